The molecule has 6 rings (SSSR count). The third kappa shape index (κ3) is 5.23. The van der Waals surface area contributed by atoms with Crippen molar-refractivity contribution in [3.05, 3.63) is 65.5 Å². The number of hydrogen-bond acceptors (Lipinski definition) is 8. The van der Waals surface area contributed by atoms with Crippen molar-refractivity contribution < 1.29 is 4.52 Å². The molecule has 4 heterocycles. The van der Waals surface area contributed by atoms with Crippen LogP contribution in [-0.4, -0.2) is 84.8 Å². The SMILES string of the molecule is Cc1noc(C)c1-c1ccc2nc(N3CCN(CCN(C)C)CC3)nc(N3CCCC3c3ccccc3)c2c1. The zero-order chi connectivity index (χ0) is 26.9. The Kier molecular flexibility index (Phi) is 7.23. The molecule has 0 aliphatic carbocycles. The van der Waals surface area contributed by atoms with E-state index in [0.29, 0.717) is 6.04 Å². The van der Waals surface area contributed by atoms with Crippen LogP contribution >= 0.6 is 0 Å². The normalized spacial score (nSPS) is 18.5. The Bertz CT molecular complexity index is 1410. The summed E-state index contributed by atoms with van der Waals surface area (Å²) in [6, 6.07) is 17.7. The maximum atomic E-state index is 5.50. The fraction of sp³-hybridized carbons (Fsp3) is 0.452. The molecule has 204 valence electrons. The highest BCUT2D eigenvalue weighted by Crippen LogP contribution is 2.40. The van der Waals surface area contributed by atoms with Crippen LogP contribution < -0.4 is 9.80 Å². The van der Waals surface area contributed by atoms with Crippen LogP contribution in [0.25, 0.3) is 22.0 Å². The first kappa shape index (κ1) is 25.8. The maximum absolute atomic E-state index is 5.50. The second-order valence-corrected chi connectivity index (χ2v) is 11.2. The summed E-state index contributed by atoms with van der Waals surface area (Å²) in [5.74, 6) is 2.71. The van der Waals surface area contributed by atoms with E-state index in [2.05, 4.69) is 87.4 Å². The molecule has 0 spiro atoms. The summed E-state index contributed by atoms with van der Waals surface area (Å²) in [5.41, 5.74) is 5.39. The largest absolute Gasteiger partial charge is 0.361 e. The van der Waals surface area contributed by atoms with E-state index >= 15 is 0 Å². The van der Waals surface area contributed by atoms with Crippen LogP contribution in [0.15, 0.2) is 53.1 Å². The predicted octanol–water partition coefficient (Wildman–Crippen LogP) is 4.93. The van der Waals surface area contributed by atoms with Gasteiger partial charge in [-0.3, -0.25) is 4.90 Å². The molecule has 0 N–H and O–H groups in total. The van der Waals surface area contributed by atoms with E-state index in [0.717, 1.165) is 104 Å². The van der Waals surface area contributed by atoms with Gasteiger partial charge < -0.3 is 19.2 Å². The first-order valence-corrected chi connectivity index (χ1v) is 14.2. The first-order valence-electron chi connectivity index (χ1n) is 14.2. The van der Waals surface area contributed by atoms with Gasteiger partial charge in [0.1, 0.15) is 11.6 Å². The summed E-state index contributed by atoms with van der Waals surface area (Å²) in [5, 5.41) is 5.29. The fourth-order valence-corrected chi connectivity index (χ4v) is 6.07. The lowest BCUT2D eigenvalue weighted by atomic mass is 10.0. The van der Waals surface area contributed by atoms with Crippen LogP contribution in [-0.2, 0) is 0 Å². The average Bonchev–Trinajstić information content (AvgIpc) is 3.58. The van der Waals surface area contributed by atoms with Gasteiger partial charge in [0.2, 0.25) is 5.95 Å². The van der Waals surface area contributed by atoms with Gasteiger partial charge in [0.25, 0.3) is 0 Å². The van der Waals surface area contributed by atoms with Crippen LogP contribution in [0.2, 0.25) is 0 Å². The van der Waals surface area contributed by atoms with E-state index in [1.807, 2.05) is 13.8 Å². The molecule has 2 fully saturated rings. The van der Waals surface area contributed by atoms with Crippen LogP contribution in [0, 0.1) is 13.8 Å². The van der Waals surface area contributed by atoms with Crippen molar-refractivity contribution in [3.63, 3.8) is 0 Å². The van der Waals surface area contributed by atoms with Gasteiger partial charge in [-0.1, -0.05) is 41.6 Å². The van der Waals surface area contributed by atoms with Crippen molar-refractivity contribution in [2.75, 3.05) is 69.7 Å². The number of rotatable bonds is 7. The van der Waals surface area contributed by atoms with E-state index in [-0.39, 0.29) is 0 Å². The molecule has 2 aromatic carbocycles. The quantitative estimate of drug-likeness (QED) is 0.337. The zero-order valence-corrected chi connectivity index (χ0v) is 23.6. The van der Waals surface area contributed by atoms with Gasteiger partial charge >= 0.3 is 0 Å². The van der Waals surface area contributed by atoms with Gasteiger partial charge in [-0.25, -0.2) is 4.98 Å². The van der Waals surface area contributed by atoms with Crippen LogP contribution in [0.5, 0.6) is 0 Å². The molecule has 0 radical (unpaired) electrons. The van der Waals surface area contributed by atoms with Crippen molar-refractivity contribution in [3.8, 4) is 11.1 Å². The van der Waals surface area contributed by atoms with Crippen LogP contribution in [0.1, 0.15) is 35.9 Å². The molecule has 2 aromatic heterocycles. The number of nitrogens with zero attached hydrogens (tertiary/aromatic N) is 7. The summed E-state index contributed by atoms with van der Waals surface area (Å²) in [7, 11) is 4.28. The van der Waals surface area contributed by atoms with Crippen LogP contribution in [0.4, 0.5) is 11.8 Å². The molecule has 2 aliphatic heterocycles. The molecule has 1 atom stereocenters. The molecule has 4 aromatic rings. The number of benzene rings is 2. The Morgan fingerprint density at radius 1 is 0.949 bits per heavy atom. The molecule has 8 heteroatoms. The van der Waals surface area contributed by atoms with Crippen molar-refractivity contribution in [1.29, 1.82) is 0 Å². The predicted molar refractivity (Wildman–Crippen MR) is 157 cm³/mol. The molecular weight excluding hydrogens is 486 g/mol. The maximum Gasteiger partial charge on any atom is 0.227 e. The van der Waals surface area contributed by atoms with Crippen molar-refractivity contribution in [1.82, 2.24) is 24.9 Å². The highest BCUT2D eigenvalue weighted by molar-refractivity contribution is 5.94. The molecule has 1 unspecified atom stereocenters. The van der Waals surface area contributed by atoms with Gasteiger partial charge in [0.05, 0.1) is 17.3 Å². The highest BCUT2D eigenvalue weighted by atomic mass is 16.5. The van der Waals surface area contributed by atoms with Gasteiger partial charge in [-0.15, -0.1) is 0 Å². The lowest BCUT2D eigenvalue weighted by Crippen LogP contribution is -2.48. The molecule has 0 amide bonds. The number of hydrogen-bond donors (Lipinski definition) is 0. The molecule has 8 nitrogen and oxygen atoms in total. The third-order valence-electron chi connectivity index (χ3n) is 8.21. The number of fused-ring (bicyclic) bond motifs is 1. The summed E-state index contributed by atoms with van der Waals surface area (Å²) >= 11 is 0. The van der Waals surface area contributed by atoms with Crippen LogP contribution in [0.3, 0.4) is 0 Å². The highest BCUT2D eigenvalue weighted by Gasteiger charge is 2.30. The molecule has 2 aliphatic rings. The summed E-state index contributed by atoms with van der Waals surface area (Å²) in [6.07, 6.45) is 2.27. The zero-order valence-electron chi connectivity index (χ0n) is 23.6. The first-order chi connectivity index (χ1) is 19.0. The molecule has 0 saturated carbocycles. The Morgan fingerprint density at radius 2 is 1.74 bits per heavy atom. The van der Waals surface area contributed by atoms with E-state index in [9.17, 15) is 0 Å². The Labute approximate surface area is 231 Å². The number of anilines is 2. The summed E-state index contributed by atoms with van der Waals surface area (Å²) < 4.78 is 5.50. The number of aryl methyl sites for hydroxylation is 2. The second-order valence-electron chi connectivity index (χ2n) is 11.2. The van der Waals surface area contributed by atoms with E-state index in [1.165, 1.54) is 5.56 Å². The lowest BCUT2D eigenvalue weighted by Gasteiger charge is -2.36. The minimum Gasteiger partial charge on any atom is -0.361 e. The Balaban J connectivity index is 1.39. The monoisotopic (exact) mass is 525 g/mol. The number of piperazine rings is 1. The van der Waals surface area contributed by atoms with E-state index in [1.54, 1.807) is 0 Å². The topological polar surface area (TPSA) is 64.8 Å². The average molecular weight is 526 g/mol. The molecule has 39 heavy (non-hydrogen) atoms. The van der Waals surface area contributed by atoms with Crippen molar-refractivity contribution >= 4 is 22.7 Å². The smallest absolute Gasteiger partial charge is 0.227 e. The van der Waals surface area contributed by atoms with Gasteiger partial charge in [-0.05, 0) is 64.0 Å². The van der Waals surface area contributed by atoms with E-state index < -0.39 is 0 Å². The lowest BCUT2D eigenvalue weighted by molar-refractivity contribution is 0.229. The molecule has 2 saturated heterocycles. The molecular formula is C31H39N7O. The summed E-state index contributed by atoms with van der Waals surface area (Å²) in [6.45, 7) is 11.1. The minimum absolute atomic E-state index is 0.308. The number of aromatic nitrogens is 3. The van der Waals surface area contributed by atoms with E-state index in [4.69, 9.17) is 14.5 Å². The Hall–Kier alpha value is -3.49. The van der Waals surface area contributed by atoms with Crippen molar-refractivity contribution in [2.45, 2.75) is 32.7 Å². The van der Waals surface area contributed by atoms with Gasteiger partial charge in [0.15, 0.2) is 0 Å². The minimum atomic E-state index is 0.308. The molecule has 0 bridgehead atoms. The van der Waals surface area contributed by atoms with Crippen molar-refractivity contribution in [2.24, 2.45) is 0 Å². The summed E-state index contributed by atoms with van der Waals surface area (Å²) in [4.78, 5) is 20.1. The fourth-order valence-electron chi connectivity index (χ4n) is 6.07. The number of likely N-dealkylation sites (N-methyl/N-ethyl adjacent to an activating group) is 1. The standard InChI is InChI=1S/C31H39N7O/c1-22-29(23(2)39-34-22)25-12-13-27-26(21-25)30(38-14-8-11-28(38)24-9-6-5-7-10-24)33-31(32-27)37-19-17-36(18-20-37)16-15-35(3)4/h5-7,9-10,12-13,21,28H,8,11,14-20H2,1-4H3. The second kappa shape index (κ2) is 10.9. The Morgan fingerprint density at radius 3 is 2.46 bits per heavy atom. The van der Waals surface area contributed by atoms with Gasteiger partial charge in [-0.2, -0.15) is 4.98 Å². The third-order valence-corrected chi connectivity index (χ3v) is 8.21. The van der Waals surface area contributed by atoms with Gasteiger partial charge in [0, 0.05) is 56.8 Å².